The summed E-state index contributed by atoms with van der Waals surface area (Å²) in [7, 11) is 0. The van der Waals surface area contributed by atoms with Gasteiger partial charge in [0.05, 0.1) is 5.56 Å². The Morgan fingerprint density at radius 3 is 2.58 bits per heavy atom. The average Bonchev–Trinajstić information content (AvgIpc) is 2.82. The van der Waals surface area contributed by atoms with Crippen LogP contribution >= 0.6 is 23.6 Å². The minimum Gasteiger partial charge on any atom is -0.365 e. The highest BCUT2D eigenvalue weighted by atomic mass is 32.1. The highest BCUT2D eigenvalue weighted by molar-refractivity contribution is 7.80. The van der Waals surface area contributed by atoms with Crippen LogP contribution in [-0.4, -0.2) is 16.9 Å². The van der Waals surface area contributed by atoms with Gasteiger partial charge in [0, 0.05) is 10.4 Å². The number of thiocarbonyl (C=S) groups is 1. The SMILES string of the molecule is CCc1c(C)sc(NC(=S)NC(=O)c2cccc(C)c2)c1C(N)=O. The van der Waals surface area contributed by atoms with Crippen molar-refractivity contribution in [3.8, 4) is 0 Å². The number of thiophene rings is 1. The van der Waals surface area contributed by atoms with Gasteiger partial charge in [-0.05, 0) is 50.2 Å². The van der Waals surface area contributed by atoms with Gasteiger partial charge in [-0.25, -0.2) is 0 Å². The normalized spacial score (nSPS) is 10.3. The number of aryl methyl sites for hydroxylation is 2. The van der Waals surface area contributed by atoms with E-state index in [0.29, 0.717) is 22.5 Å². The van der Waals surface area contributed by atoms with E-state index >= 15 is 0 Å². The third kappa shape index (κ3) is 3.98. The smallest absolute Gasteiger partial charge is 0.257 e. The van der Waals surface area contributed by atoms with Crippen LogP contribution in [0.1, 0.15) is 43.6 Å². The van der Waals surface area contributed by atoms with Gasteiger partial charge in [-0.15, -0.1) is 11.3 Å². The maximum absolute atomic E-state index is 12.2. The average molecular weight is 361 g/mol. The Balaban J connectivity index is 2.16. The topological polar surface area (TPSA) is 84.2 Å². The molecule has 0 saturated heterocycles. The Kier molecular flexibility index (Phi) is 5.69. The van der Waals surface area contributed by atoms with E-state index in [1.54, 1.807) is 12.1 Å². The van der Waals surface area contributed by atoms with Crippen LogP contribution in [0.3, 0.4) is 0 Å². The third-order valence-electron chi connectivity index (χ3n) is 3.54. The summed E-state index contributed by atoms with van der Waals surface area (Å²) in [5.41, 5.74) is 8.33. The molecule has 0 unspecified atom stereocenters. The second-order valence-electron chi connectivity index (χ2n) is 5.34. The molecule has 0 aliphatic heterocycles. The Hall–Kier alpha value is -2.25. The Labute approximate surface area is 150 Å². The first-order valence-corrected chi connectivity index (χ1v) is 8.67. The molecule has 2 amide bonds. The number of hydrogen-bond donors (Lipinski definition) is 3. The fourth-order valence-electron chi connectivity index (χ4n) is 2.45. The molecule has 1 aromatic carbocycles. The van der Waals surface area contributed by atoms with Crippen LogP contribution in [0, 0.1) is 13.8 Å². The molecule has 0 atom stereocenters. The summed E-state index contributed by atoms with van der Waals surface area (Å²) < 4.78 is 0. The van der Waals surface area contributed by atoms with E-state index in [4.69, 9.17) is 18.0 Å². The van der Waals surface area contributed by atoms with E-state index in [1.807, 2.05) is 32.9 Å². The first-order chi connectivity index (χ1) is 11.3. The molecule has 2 rings (SSSR count). The van der Waals surface area contributed by atoms with E-state index in [0.717, 1.165) is 16.0 Å². The summed E-state index contributed by atoms with van der Waals surface area (Å²) in [6.07, 6.45) is 0.699. The van der Waals surface area contributed by atoms with Gasteiger partial charge in [-0.2, -0.15) is 0 Å². The van der Waals surface area contributed by atoms with Gasteiger partial charge in [0.1, 0.15) is 5.00 Å². The zero-order valence-corrected chi connectivity index (χ0v) is 15.4. The monoisotopic (exact) mass is 361 g/mol. The molecule has 7 heteroatoms. The van der Waals surface area contributed by atoms with Crippen molar-refractivity contribution in [2.45, 2.75) is 27.2 Å². The maximum Gasteiger partial charge on any atom is 0.257 e. The van der Waals surface area contributed by atoms with Crippen molar-refractivity contribution in [1.29, 1.82) is 0 Å². The summed E-state index contributed by atoms with van der Waals surface area (Å²) in [5.74, 6) is -0.813. The van der Waals surface area contributed by atoms with E-state index in [1.165, 1.54) is 11.3 Å². The van der Waals surface area contributed by atoms with Gasteiger partial charge < -0.3 is 11.1 Å². The van der Waals surface area contributed by atoms with Gasteiger partial charge in [-0.3, -0.25) is 14.9 Å². The van der Waals surface area contributed by atoms with Crippen molar-refractivity contribution in [2.24, 2.45) is 5.73 Å². The predicted octanol–water partition coefficient (Wildman–Crippen LogP) is 3.15. The Morgan fingerprint density at radius 2 is 2.00 bits per heavy atom. The zero-order chi connectivity index (χ0) is 17.9. The lowest BCUT2D eigenvalue weighted by Gasteiger charge is -2.10. The standard InChI is InChI=1S/C17H19N3O2S2/c1-4-12-10(3)24-16(13(12)14(18)21)20-17(23)19-15(22)11-7-5-6-9(2)8-11/h5-8H,4H2,1-3H3,(H2,18,21)(H2,19,20,22,23). The number of rotatable bonds is 4. The minimum atomic E-state index is -0.508. The molecule has 2 aromatic rings. The quantitative estimate of drug-likeness (QED) is 0.731. The summed E-state index contributed by atoms with van der Waals surface area (Å²) in [6.45, 7) is 5.80. The van der Waals surface area contributed by atoms with E-state index in [9.17, 15) is 9.59 Å². The first-order valence-electron chi connectivity index (χ1n) is 7.44. The predicted molar refractivity (Wildman–Crippen MR) is 102 cm³/mol. The highest BCUT2D eigenvalue weighted by Crippen LogP contribution is 2.33. The summed E-state index contributed by atoms with van der Waals surface area (Å²) >= 11 is 6.59. The van der Waals surface area contributed by atoms with Crippen molar-refractivity contribution in [3.63, 3.8) is 0 Å². The van der Waals surface area contributed by atoms with Crippen LogP contribution in [0.2, 0.25) is 0 Å². The number of nitrogens with two attached hydrogens (primary N) is 1. The largest absolute Gasteiger partial charge is 0.365 e. The molecule has 0 radical (unpaired) electrons. The highest BCUT2D eigenvalue weighted by Gasteiger charge is 2.20. The molecule has 0 bridgehead atoms. The van der Waals surface area contributed by atoms with Crippen LogP contribution in [0.5, 0.6) is 0 Å². The number of carbonyl (C=O) groups is 2. The Bertz CT molecular complexity index is 812. The fraction of sp³-hybridized carbons (Fsp3) is 0.235. The molecule has 1 aromatic heterocycles. The van der Waals surface area contributed by atoms with Crippen molar-refractivity contribution in [3.05, 3.63) is 51.4 Å². The molecule has 1 heterocycles. The van der Waals surface area contributed by atoms with Gasteiger partial charge in [-0.1, -0.05) is 24.6 Å². The lowest BCUT2D eigenvalue weighted by molar-refractivity contribution is 0.0975. The molecule has 0 fully saturated rings. The van der Waals surface area contributed by atoms with Crippen LogP contribution < -0.4 is 16.4 Å². The van der Waals surface area contributed by atoms with Crippen LogP contribution in [-0.2, 0) is 6.42 Å². The number of nitrogens with one attached hydrogen (secondary N) is 2. The van der Waals surface area contributed by atoms with E-state index < -0.39 is 5.91 Å². The van der Waals surface area contributed by atoms with Crippen molar-refractivity contribution >= 4 is 45.5 Å². The fourth-order valence-corrected chi connectivity index (χ4v) is 3.86. The number of primary amides is 1. The summed E-state index contributed by atoms with van der Waals surface area (Å²) in [6, 6.07) is 7.21. The van der Waals surface area contributed by atoms with Crippen molar-refractivity contribution in [2.75, 3.05) is 5.32 Å². The second kappa shape index (κ2) is 7.55. The van der Waals surface area contributed by atoms with Gasteiger partial charge in [0.2, 0.25) is 0 Å². The van der Waals surface area contributed by atoms with Crippen LogP contribution in [0.15, 0.2) is 24.3 Å². The molecule has 0 aliphatic rings. The van der Waals surface area contributed by atoms with Crippen LogP contribution in [0.25, 0.3) is 0 Å². The molecular formula is C17H19N3O2S2. The molecule has 24 heavy (non-hydrogen) atoms. The Morgan fingerprint density at radius 1 is 1.29 bits per heavy atom. The van der Waals surface area contributed by atoms with Gasteiger partial charge in [0.15, 0.2) is 5.11 Å². The van der Waals surface area contributed by atoms with E-state index in [2.05, 4.69) is 10.6 Å². The van der Waals surface area contributed by atoms with Crippen LogP contribution in [0.4, 0.5) is 5.00 Å². The molecule has 0 saturated carbocycles. The lowest BCUT2D eigenvalue weighted by Crippen LogP contribution is -2.34. The number of anilines is 1. The third-order valence-corrected chi connectivity index (χ3v) is 4.81. The molecule has 5 nitrogen and oxygen atoms in total. The van der Waals surface area contributed by atoms with Crippen molar-refractivity contribution < 1.29 is 9.59 Å². The van der Waals surface area contributed by atoms with Crippen molar-refractivity contribution in [1.82, 2.24) is 5.32 Å². The first kappa shape index (κ1) is 18.1. The summed E-state index contributed by atoms with van der Waals surface area (Å²) in [5, 5.41) is 6.23. The molecular weight excluding hydrogens is 342 g/mol. The summed E-state index contributed by atoms with van der Waals surface area (Å²) in [4.78, 5) is 25.0. The number of benzene rings is 1. The minimum absolute atomic E-state index is 0.132. The van der Waals surface area contributed by atoms with Gasteiger partial charge >= 0.3 is 0 Å². The number of carbonyl (C=O) groups excluding carboxylic acids is 2. The number of hydrogen-bond acceptors (Lipinski definition) is 4. The maximum atomic E-state index is 12.2. The molecule has 4 N–H and O–H groups in total. The van der Waals surface area contributed by atoms with Gasteiger partial charge in [0.25, 0.3) is 11.8 Å². The molecule has 126 valence electrons. The molecule has 0 aliphatic carbocycles. The second-order valence-corrected chi connectivity index (χ2v) is 6.97. The zero-order valence-electron chi connectivity index (χ0n) is 13.7. The number of amides is 2. The lowest BCUT2D eigenvalue weighted by atomic mass is 10.1. The van der Waals surface area contributed by atoms with E-state index in [-0.39, 0.29) is 11.0 Å². The molecule has 0 spiro atoms.